The van der Waals surface area contributed by atoms with Gasteiger partial charge in [0.05, 0.1) is 6.04 Å². The zero-order chi connectivity index (χ0) is 18.5. The molecule has 1 unspecified atom stereocenters. The number of carbonyl (C=O) groups excluding carboxylic acids is 1. The standard InChI is InChI=1S/C21H22N4O/c1-14-9-10-15(2)19(13-14)25-21-22-12-11-18(24-21)20(26)23-16(3)17-7-5-4-6-8-17/h4-13,16H,1-3H3,(H,23,26)(H,22,24,25). The number of nitrogens with zero attached hydrogens (tertiary/aromatic N) is 2. The van der Waals surface area contributed by atoms with E-state index in [1.807, 2.05) is 63.2 Å². The summed E-state index contributed by atoms with van der Waals surface area (Å²) in [6.07, 6.45) is 1.59. The van der Waals surface area contributed by atoms with Crippen molar-refractivity contribution in [2.24, 2.45) is 0 Å². The number of hydrogen-bond acceptors (Lipinski definition) is 4. The lowest BCUT2D eigenvalue weighted by molar-refractivity contribution is 0.0935. The number of benzene rings is 2. The average molecular weight is 346 g/mol. The Balaban J connectivity index is 1.74. The highest BCUT2D eigenvalue weighted by atomic mass is 16.1. The van der Waals surface area contributed by atoms with Crippen molar-refractivity contribution in [1.82, 2.24) is 15.3 Å². The Morgan fingerprint density at radius 3 is 2.58 bits per heavy atom. The first kappa shape index (κ1) is 17.6. The smallest absolute Gasteiger partial charge is 0.270 e. The summed E-state index contributed by atoms with van der Waals surface area (Å²) < 4.78 is 0. The zero-order valence-corrected chi connectivity index (χ0v) is 15.2. The molecule has 0 spiro atoms. The van der Waals surface area contributed by atoms with Crippen molar-refractivity contribution >= 4 is 17.5 Å². The molecule has 132 valence electrons. The fourth-order valence-electron chi connectivity index (χ4n) is 2.63. The molecule has 0 fully saturated rings. The molecule has 3 aromatic rings. The molecule has 0 radical (unpaired) electrons. The summed E-state index contributed by atoms with van der Waals surface area (Å²) in [5.41, 5.74) is 4.54. The van der Waals surface area contributed by atoms with Crippen molar-refractivity contribution in [2.75, 3.05) is 5.32 Å². The maximum Gasteiger partial charge on any atom is 0.270 e. The molecule has 26 heavy (non-hydrogen) atoms. The molecule has 5 heteroatoms. The molecule has 2 N–H and O–H groups in total. The summed E-state index contributed by atoms with van der Waals surface area (Å²) in [6.45, 7) is 5.99. The average Bonchev–Trinajstić information content (AvgIpc) is 2.65. The van der Waals surface area contributed by atoms with E-state index in [9.17, 15) is 4.79 Å². The molecule has 0 saturated heterocycles. The van der Waals surface area contributed by atoms with Gasteiger partial charge in [-0.1, -0.05) is 42.5 Å². The van der Waals surface area contributed by atoms with Crippen LogP contribution in [0.3, 0.4) is 0 Å². The third-order valence-electron chi connectivity index (χ3n) is 4.17. The summed E-state index contributed by atoms with van der Waals surface area (Å²) in [4.78, 5) is 21.1. The number of nitrogens with one attached hydrogen (secondary N) is 2. The van der Waals surface area contributed by atoms with E-state index in [1.165, 1.54) is 0 Å². The first-order chi connectivity index (χ1) is 12.5. The van der Waals surface area contributed by atoms with Gasteiger partial charge in [0.15, 0.2) is 0 Å². The van der Waals surface area contributed by atoms with Gasteiger partial charge in [-0.15, -0.1) is 0 Å². The Hall–Kier alpha value is -3.21. The molecule has 0 bridgehead atoms. The fourth-order valence-corrected chi connectivity index (χ4v) is 2.63. The van der Waals surface area contributed by atoms with Gasteiger partial charge in [-0.05, 0) is 49.6 Å². The van der Waals surface area contributed by atoms with Crippen LogP contribution >= 0.6 is 0 Å². The second kappa shape index (κ2) is 7.78. The van der Waals surface area contributed by atoms with Gasteiger partial charge in [-0.2, -0.15) is 0 Å². The number of aromatic nitrogens is 2. The SMILES string of the molecule is Cc1ccc(C)c(Nc2nccc(C(=O)NC(C)c3ccccc3)n2)c1. The minimum atomic E-state index is -0.229. The minimum Gasteiger partial charge on any atom is -0.344 e. The van der Waals surface area contributed by atoms with Gasteiger partial charge in [0, 0.05) is 11.9 Å². The monoisotopic (exact) mass is 346 g/mol. The molecule has 0 saturated carbocycles. The first-order valence-electron chi connectivity index (χ1n) is 8.56. The van der Waals surface area contributed by atoms with Crippen LogP contribution in [0.5, 0.6) is 0 Å². The summed E-state index contributed by atoms with van der Waals surface area (Å²) >= 11 is 0. The minimum absolute atomic E-state index is 0.103. The van der Waals surface area contributed by atoms with Crippen molar-refractivity contribution in [3.8, 4) is 0 Å². The zero-order valence-electron chi connectivity index (χ0n) is 15.2. The highest BCUT2D eigenvalue weighted by Gasteiger charge is 2.13. The van der Waals surface area contributed by atoms with E-state index in [4.69, 9.17) is 0 Å². The van der Waals surface area contributed by atoms with Crippen LogP contribution in [-0.2, 0) is 0 Å². The van der Waals surface area contributed by atoms with Crippen molar-refractivity contribution in [1.29, 1.82) is 0 Å². The Morgan fingerprint density at radius 1 is 1.04 bits per heavy atom. The molecule has 3 rings (SSSR count). The molecule has 0 aliphatic heterocycles. The Bertz CT molecular complexity index is 909. The number of hydrogen-bond donors (Lipinski definition) is 2. The second-order valence-electron chi connectivity index (χ2n) is 6.31. The molecule has 0 aliphatic carbocycles. The van der Waals surface area contributed by atoms with Crippen LogP contribution in [0.2, 0.25) is 0 Å². The summed E-state index contributed by atoms with van der Waals surface area (Å²) in [6, 6.07) is 17.5. The number of aryl methyl sites for hydroxylation is 2. The summed E-state index contributed by atoms with van der Waals surface area (Å²) in [5.74, 6) is 0.173. The molecule has 1 aromatic heterocycles. The Kier molecular flexibility index (Phi) is 5.27. The molecular formula is C21H22N4O. The van der Waals surface area contributed by atoms with Gasteiger partial charge in [0.2, 0.25) is 5.95 Å². The fraction of sp³-hybridized carbons (Fsp3) is 0.190. The highest BCUT2D eigenvalue weighted by molar-refractivity contribution is 5.92. The first-order valence-corrected chi connectivity index (χ1v) is 8.56. The highest BCUT2D eigenvalue weighted by Crippen LogP contribution is 2.20. The molecule has 1 atom stereocenters. The van der Waals surface area contributed by atoms with E-state index in [1.54, 1.807) is 12.3 Å². The molecule has 2 aromatic carbocycles. The van der Waals surface area contributed by atoms with Crippen LogP contribution in [0.15, 0.2) is 60.8 Å². The van der Waals surface area contributed by atoms with E-state index >= 15 is 0 Å². The lowest BCUT2D eigenvalue weighted by atomic mass is 10.1. The van der Waals surface area contributed by atoms with E-state index < -0.39 is 0 Å². The summed E-state index contributed by atoms with van der Waals surface area (Å²) in [7, 11) is 0. The maximum atomic E-state index is 12.5. The van der Waals surface area contributed by atoms with E-state index in [-0.39, 0.29) is 11.9 Å². The van der Waals surface area contributed by atoms with E-state index in [2.05, 4.69) is 26.7 Å². The topological polar surface area (TPSA) is 66.9 Å². The third kappa shape index (κ3) is 4.25. The second-order valence-corrected chi connectivity index (χ2v) is 6.31. The third-order valence-corrected chi connectivity index (χ3v) is 4.17. The molecule has 1 amide bonds. The van der Waals surface area contributed by atoms with E-state index in [0.717, 1.165) is 22.4 Å². The van der Waals surface area contributed by atoms with Gasteiger partial charge in [0.25, 0.3) is 5.91 Å². The van der Waals surface area contributed by atoms with Crippen molar-refractivity contribution in [3.05, 3.63) is 83.2 Å². The van der Waals surface area contributed by atoms with Crippen LogP contribution in [0.1, 0.15) is 40.1 Å². The van der Waals surface area contributed by atoms with Gasteiger partial charge in [-0.25, -0.2) is 9.97 Å². The molecule has 1 heterocycles. The number of amides is 1. The Morgan fingerprint density at radius 2 is 1.81 bits per heavy atom. The van der Waals surface area contributed by atoms with Crippen molar-refractivity contribution in [3.63, 3.8) is 0 Å². The predicted octanol–water partition coefficient (Wildman–Crippen LogP) is 4.33. The van der Waals surface area contributed by atoms with Crippen LogP contribution in [-0.4, -0.2) is 15.9 Å². The number of carbonyl (C=O) groups is 1. The van der Waals surface area contributed by atoms with Crippen LogP contribution in [0.25, 0.3) is 0 Å². The lowest BCUT2D eigenvalue weighted by Crippen LogP contribution is -2.27. The largest absolute Gasteiger partial charge is 0.344 e. The Labute approximate surface area is 153 Å². The maximum absolute atomic E-state index is 12.5. The van der Waals surface area contributed by atoms with E-state index in [0.29, 0.717) is 11.6 Å². The number of anilines is 2. The van der Waals surface area contributed by atoms with Gasteiger partial charge < -0.3 is 10.6 Å². The normalized spacial score (nSPS) is 11.7. The summed E-state index contributed by atoms with van der Waals surface area (Å²) in [5, 5.41) is 6.16. The molecule has 0 aliphatic rings. The quantitative estimate of drug-likeness (QED) is 0.722. The molecule has 5 nitrogen and oxygen atoms in total. The predicted molar refractivity (Wildman–Crippen MR) is 104 cm³/mol. The molecular weight excluding hydrogens is 324 g/mol. The van der Waals surface area contributed by atoms with Crippen LogP contribution in [0, 0.1) is 13.8 Å². The lowest BCUT2D eigenvalue weighted by Gasteiger charge is -2.14. The van der Waals surface area contributed by atoms with Crippen molar-refractivity contribution < 1.29 is 4.79 Å². The van der Waals surface area contributed by atoms with Crippen molar-refractivity contribution in [2.45, 2.75) is 26.8 Å². The van der Waals surface area contributed by atoms with Crippen LogP contribution in [0.4, 0.5) is 11.6 Å². The van der Waals surface area contributed by atoms with Gasteiger partial charge >= 0.3 is 0 Å². The number of rotatable bonds is 5. The van der Waals surface area contributed by atoms with Gasteiger partial charge in [0.1, 0.15) is 5.69 Å². The van der Waals surface area contributed by atoms with Crippen LogP contribution < -0.4 is 10.6 Å². The van der Waals surface area contributed by atoms with Gasteiger partial charge in [-0.3, -0.25) is 4.79 Å².